The Balaban J connectivity index is 1.64. The van der Waals surface area contributed by atoms with Crippen LogP contribution in [0.4, 0.5) is 0 Å². The predicted molar refractivity (Wildman–Crippen MR) is 233 cm³/mol. The fourth-order valence-electron chi connectivity index (χ4n) is 6.74. The zero-order valence-electron chi connectivity index (χ0n) is 34.8. The molecule has 0 aliphatic rings. The molecule has 338 valence electrons. The molecule has 2 aromatic heterocycles. The largest absolute Gasteiger partial charge is 0.481 e. The number of carboxylic acids is 1. The Labute approximate surface area is 363 Å². The van der Waals surface area contributed by atoms with E-state index in [0.717, 1.165) is 10.9 Å². The smallest absolute Gasteiger partial charge is 0.303 e. The van der Waals surface area contributed by atoms with Crippen LogP contribution < -0.4 is 49.5 Å². The quantitative estimate of drug-likeness (QED) is 0.0193. The van der Waals surface area contributed by atoms with E-state index < -0.39 is 84.5 Å². The van der Waals surface area contributed by atoms with Crippen LogP contribution in [0.1, 0.15) is 61.8 Å². The number of imidazole rings is 1. The van der Waals surface area contributed by atoms with Gasteiger partial charge in [-0.1, -0.05) is 48.5 Å². The summed E-state index contributed by atoms with van der Waals surface area (Å²) >= 11 is 0. The molecule has 5 atom stereocenters. The fourth-order valence-corrected chi connectivity index (χ4v) is 6.74. The number of nitrogens with two attached hydrogens (primary N) is 4. The van der Waals surface area contributed by atoms with Crippen molar-refractivity contribution in [2.75, 3.05) is 13.1 Å². The second kappa shape index (κ2) is 24.8. The Kier molecular flexibility index (Phi) is 19.1. The number of unbranched alkanes of at least 4 members (excludes halogenated alkanes) is 1. The van der Waals surface area contributed by atoms with Crippen molar-refractivity contribution in [1.29, 1.82) is 0 Å². The highest BCUT2D eigenvalue weighted by molar-refractivity contribution is 5.97. The number of aliphatic carboxylic acids is 1. The number of carboxylic acid groups (broad SMARTS) is 1. The van der Waals surface area contributed by atoms with E-state index in [1.54, 1.807) is 36.5 Å². The first kappa shape index (κ1) is 48.4. The van der Waals surface area contributed by atoms with Gasteiger partial charge in [0.25, 0.3) is 0 Å². The molecular weight excluding hydrogens is 815 g/mol. The minimum absolute atomic E-state index is 0.0210. The van der Waals surface area contributed by atoms with Crippen molar-refractivity contribution in [1.82, 2.24) is 41.5 Å². The maximum absolute atomic E-state index is 14.4. The minimum Gasteiger partial charge on any atom is -0.481 e. The molecule has 0 spiro atoms. The Morgan fingerprint density at radius 1 is 0.667 bits per heavy atom. The molecule has 2 heterocycles. The lowest BCUT2D eigenvalue weighted by Gasteiger charge is -2.27. The van der Waals surface area contributed by atoms with E-state index in [9.17, 15) is 33.6 Å². The molecule has 0 radical (unpaired) electrons. The van der Waals surface area contributed by atoms with Gasteiger partial charge in [0.05, 0.1) is 18.4 Å². The first-order valence-corrected chi connectivity index (χ1v) is 20.6. The normalized spacial score (nSPS) is 13.3. The van der Waals surface area contributed by atoms with Gasteiger partial charge in [-0.2, -0.15) is 0 Å². The topological polar surface area (TPSA) is 361 Å². The number of primary amides is 1. The van der Waals surface area contributed by atoms with Gasteiger partial charge in [-0.25, -0.2) is 4.98 Å². The molecule has 2 aromatic carbocycles. The third-order valence-electron chi connectivity index (χ3n) is 10.0. The van der Waals surface area contributed by atoms with Crippen LogP contribution in [0.2, 0.25) is 0 Å². The van der Waals surface area contributed by atoms with Crippen LogP contribution in [-0.2, 0) is 52.8 Å². The third-order valence-corrected chi connectivity index (χ3v) is 10.0. The van der Waals surface area contributed by atoms with Crippen molar-refractivity contribution in [3.05, 3.63) is 90.1 Å². The van der Waals surface area contributed by atoms with E-state index in [2.05, 4.69) is 46.5 Å². The molecular formula is C42H57N13O8. The van der Waals surface area contributed by atoms with Crippen LogP contribution in [0.3, 0.4) is 0 Å². The predicted octanol–water partition coefficient (Wildman–Crippen LogP) is -1.12. The first-order valence-electron chi connectivity index (χ1n) is 20.6. The summed E-state index contributed by atoms with van der Waals surface area (Å²) in [5, 5.41) is 23.3. The van der Waals surface area contributed by atoms with Crippen molar-refractivity contribution < 1.29 is 38.7 Å². The number of aromatic amines is 2. The lowest BCUT2D eigenvalue weighted by molar-refractivity contribution is -0.139. The Morgan fingerprint density at radius 2 is 1.27 bits per heavy atom. The summed E-state index contributed by atoms with van der Waals surface area (Å²) in [6.45, 7) is 0.465. The molecule has 0 saturated carbocycles. The van der Waals surface area contributed by atoms with E-state index in [0.29, 0.717) is 36.2 Å². The van der Waals surface area contributed by atoms with Gasteiger partial charge in [0.15, 0.2) is 5.96 Å². The summed E-state index contributed by atoms with van der Waals surface area (Å²) in [5.41, 5.74) is 24.9. The number of rotatable bonds is 27. The number of carbonyl (C=O) groups excluding carboxylic acids is 6. The summed E-state index contributed by atoms with van der Waals surface area (Å²) in [6, 6.07) is 9.89. The number of fused-ring (bicyclic) bond motifs is 1. The average molecular weight is 872 g/mol. The fraction of sp³-hybridized carbons (Fsp3) is 0.405. The van der Waals surface area contributed by atoms with E-state index in [-0.39, 0.29) is 51.0 Å². The van der Waals surface area contributed by atoms with E-state index in [1.165, 1.54) is 12.5 Å². The summed E-state index contributed by atoms with van der Waals surface area (Å²) in [5.74, 6) is -5.88. The van der Waals surface area contributed by atoms with Crippen molar-refractivity contribution in [3.63, 3.8) is 0 Å². The molecule has 0 aliphatic carbocycles. The first-order chi connectivity index (χ1) is 30.2. The Morgan fingerprint density at radius 3 is 1.90 bits per heavy atom. The van der Waals surface area contributed by atoms with Crippen molar-refractivity contribution in [2.45, 2.75) is 94.4 Å². The number of carbonyl (C=O) groups is 7. The molecule has 0 aliphatic heterocycles. The summed E-state index contributed by atoms with van der Waals surface area (Å²) in [7, 11) is 0. The second-order valence-electron chi connectivity index (χ2n) is 14.9. The number of H-pyrrole nitrogens is 2. The second-order valence-corrected chi connectivity index (χ2v) is 14.9. The van der Waals surface area contributed by atoms with Gasteiger partial charge >= 0.3 is 5.97 Å². The lowest BCUT2D eigenvalue weighted by atomic mass is 10.0. The summed E-state index contributed by atoms with van der Waals surface area (Å²) in [6.07, 6.45) is 5.06. The highest BCUT2D eigenvalue weighted by atomic mass is 16.4. The molecule has 0 bridgehead atoms. The standard InChI is InChI=1S/C42H57N13O8/c43-17-7-6-13-30(37(44)59)52-40(62)33(20-26-22-49-29-12-5-4-11-28(26)29)55-38(60)31(14-8-18-48-42(45)46)53-39(61)32(19-25-9-2-1-3-10-25)54-41(63)34(21-27-23-47-24-50-27)51-35(56)15-16-36(57)58/h1-5,9-12,22-24,30-34,49H,6-8,13-21,43H2,(H2,44,59)(H,47,50)(H,51,56)(H,52,62)(H,53,61)(H,54,63)(H,55,60)(H,57,58)(H4,45,46,48)/t30-,31-,32+,33-,34-/m0/s1. The van der Waals surface area contributed by atoms with Crippen LogP contribution >= 0.6 is 0 Å². The number of guanidine groups is 1. The van der Waals surface area contributed by atoms with Gasteiger partial charge in [-0.3, -0.25) is 38.6 Å². The number of nitrogens with one attached hydrogen (secondary N) is 7. The number of para-hydroxylation sites is 1. The number of aromatic nitrogens is 3. The maximum Gasteiger partial charge on any atom is 0.303 e. The zero-order valence-corrected chi connectivity index (χ0v) is 34.8. The number of nitrogens with zero attached hydrogens (tertiary/aromatic N) is 2. The molecule has 4 aromatic rings. The van der Waals surface area contributed by atoms with Gasteiger partial charge in [0.1, 0.15) is 30.2 Å². The SMILES string of the molecule is NCCCC[C@H](NC(=O)[C@H](Cc1c[nH]c2ccccc12)NC(=O)[C@H](CCCN=C(N)N)NC(=O)[C@@H](Cc1ccccc1)NC(=O)[C@H](Cc1c[nH]cn1)NC(=O)CCC(=O)O)C(N)=O. The molecule has 4 rings (SSSR count). The number of hydrogen-bond acceptors (Lipinski definition) is 10. The van der Waals surface area contributed by atoms with Gasteiger partial charge in [0, 0.05) is 55.5 Å². The van der Waals surface area contributed by atoms with Gasteiger partial charge < -0.3 is 64.6 Å². The van der Waals surface area contributed by atoms with Crippen molar-refractivity contribution in [2.24, 2.45) is 27.9 Å². The minimum atomic E-state index is -1.32. The van der Waals surface area contributed by atoms with Crippen LogP contribution in [0.25, 0.3) is 10.9 Å². The lowest BCUT2D eigenvalue weighted by Crippen LogP contribution is -2.60. The van der Waals surface area contributed by atoms with Crippen molar-refractivity contribution in [3.8, 4) is 0 Å². The third kappa shape index (κ3) is 16.3. The number of hydrogen-bond donors (Lipinski definition) is 12. The summed E-state index contributed by atoms with van der Waals surface area (Å²) < 4.78 is 0. The number of benzene rings is 2. The highest BCUT2D eigenvalue weighted by Gasteiger charge is 2.33. The van der Waals surface area contributed by atoms with Gasteiger partial charge in [-0.05, 0) is 55.8 Å². The van der Waals surface area contributed by atoms with Crippen LogP contribution in [0.15, 0.2) is 78.3 Å². The Bertz CT molecular complexity index is 2170. The molecule has 21 heteroatoms. The van der Waals surface area contributed by atoms with Crippen LogP contribution in [0.5, 0.6) is 0 Å². The molecule has 6 amide bonds. The number of aliphatic imine (C=N–C) groups is 1. The molecule has 0 fully saturated rings. The zero-order chi connectivity index (χ0) is 45.7. The van der Waals surface area contributed by atoms with E-state index in [4.69, 9.17) is 28.0 Å². The van der Waals surface area contributed by atoms with Crippen LogP contribution in [-0.4, -0.2) is 111 Å². The van der Waals surface area contributed by atoms with Gasteiger partial charge in [-0.15, -0.1) is 0 Å². The number of amides is 6. The molecule has 0 unspecified atom stereocenters. The summed E-state index contributed by atoms with van der Waals surface area (Å²) in [4.78, 5) is 107. The average Bonchev–Trinajstić information content (AvgIpc) is 3.93. The van der Waals surface area contributed by atoms with Crippen molar-refractivity contribution >= 4 is 58.3 Å². The highest BCUT2D eigenvalue weighted by Crippen LogP contribution is 2.20. The molecule has 21 nitrogen and oxygen atoms in total. The van der Waals surface area contributed by atoms with E-state index >= 15 is 0 Å². The molecule has 63 heavy (non-hydrogen) atoms. The molecule has 16 N–H and O–H groups in total. The molecule has 0 saturated heterocycles. The van der Waals surface area contributed by atoms with Crippen LogP contribution in [0, 0.1) is 0 Å². The Hall–Kier alpha value is -7.29. The van der Waals surface area contributed by atoms with E-state index in [1.807, 2.05) is 24.3 Å². The maximum atomic E-state index is 14.4. The monoisotopic (exact) mass is 871 g/mol. The van der Waals surface area contributed by atoms with Gasteiger partial charge in [0.2, 0.25) is 35.4 Å².